The van der Waals surface area contributed by atoms with E-state index in [0.29, 0.717) is 24.2 Å². The number of amides is 1. The number of ether oxygens (including phenoxy) is 2. The van der Waals surface area contributed by atoms with Crippen molar-refractivity contribution in [3.63, 3.8) is 0 Å². The van der Waals surface area contributed by atoms with Crippen molar-refractivity contribution in [1.29, 1.82) is 0 Å². The number of methoxy groups -OCH3 is 1. The highest BCUT2D eigenvalue weighted by molar-refractivity contribution is 7.98. The quantitative estimate of drug-likeness (QED) is 0.519. The maximum Gasteiger partial charge on any atom is 0.407 e. The Hall–Kier alpha value is -2.68. The zero-order chi connectivity index (χ0) is 21.7. The number of alkyl carbamates (subject to hydrolysis) is 1. The van der Waals surface area contributed by atoms with Gasteiger partial charge in [-0.2, -0.15) is 0 Å². The second-order valence-electron chi connectivity index (χ2n) is 7.86. The molecule has 1 amide bonds. The van der Waals surface area contributed by atoms with Gasteiger partial charge in [-0.05, 0) is 39.9 Å². The van der Waals surface area contributed by atoms with Gasteiger partial charge < -0.3 is 14.8 Å². The fourth-order valence-corrected chi connectivity index (χ4v) is 3.36. The fourth-order valence-electron chi connectivity index (χ4n) is 2.83. The molecule has 30 heavy (non-hydrogen) atoms. The first kappa shape index (κ1) is 22.0. The van der Waals surface area contributed by atoms with E-state index in [-0.39, 0.29) is 0 Å². The van der Waals surface area contributed by atoms with Gasteiger partial charge in [0.05, 0.1) is 12.8 Å². The van der Waals surface area contributed by atoms with E-state index < -0.39 is 11.7 Å². The number of nitrogens with zero attached hydrogens (tertiary/aromatic N) is 4. The van der Waals surface area contributed by atoms with Crippen molar-refractivity contribution < 1.29 is 14.3 Å². The van der Waals surface area contributed by atoms with Gasteiger partial charge in [0.1, 0.15) is 22.5 Å². The molecule has 160 valence electrons. The summed E-state index contributed by atoms with van der Waals surface area (Å²) >= 11 is 1.52. The summed E-state index contributed by atoms with van der Waals surface area (Å²) in [5.41, 5.74) is 2.05. The predicted octanol–water partition coefficient (Wildman–Crippen LogP) is 4.08. The standard InChI is InChI=1S/C21H27N5O3S/c1-21(2,3)29-20(27)22-10-6-7-14-11-23-17(26-19(14)30-5)15-16(13-8-9-13)24-12-25-18(15)28-4/h6-7,11-13H,8-10H2,1-5H3,(H,22,27). The number of carbonyl (C=O) groups excluding carboxylic acids is 1. The Morgan fingerprint density at radius 3 is 2.70 bits per heavy atom. The first-order valence-electron chi connectivity index (χ1n) is 9.76. The number of nitrogens with one attached hydrogen (secondary N) is 1. The molecule has 0 spiro atoms. The van der Waals surface area contributed by atoms with Crippen LogP contribution >= 0.6 is 11.8 Å². The molecule has 2 aromatic heterocycles. The Morgan fingerprint density at radius 2 is 2.07 bits per heavy atom. The van der Waals surface area contributed by atoms with E-state index in [1.54, 1.807) is 13.3 Å². The molecule has 0 aliphatic heterocycles. The lowest BCUT2D eigenvalue weighted by Crippen LogP contribution is -2.32. The molecule has 1 N–H and O–H groups in total. The third kappa shape index (κ3) is 5.69. The molecular weight excluding hydrogens is 402 g/mol. The molecule has 1 aliphatic rings. The number of aromatic nitrogens is 4. The Bertz CT molecular complexity index is 939. The molecule has 2 heterocycles. The average Bonchev–Trinajstić information content (AvgIpc) is 3.54. The summed E-state index contributed by atoms with van der Waals surface area (Å²) in [6, 6.07) is 0. The van der Waals surface area contributed by atoms with Crippen LogP contribution < -0.4 is 10.1 Å². The molecule has 9 heteroatoms. The van der Waals surface area contributed by atoms with Crippen molar-refractivity contribution in [2.75, 3.05) is 19.9 Å². The lowest BCUT2D eigenvalue weighted by Gasteiger charge is -2.19. The maximum absolute atomic E-state index is 11.7. The molecule has 1 fully saturated rings. The van der Waals surface area contributed by atoms with Crippen LogP contribution in [0.1, 0.15) is 50.8 Å². The second kappa shape index (κ2) is 9.42. The van der Waals surface area contributed by atoms with Gasteiger partial charge >= 0.3 is 6.09 Å². The average molecular weight is 430 g/mol. The highest BCUT2D eigenvalue weighted by Crippen LogP contribution is 2.45. The summed E-state index contributed by atoms with van der Waals surface area (Å²) in [4.78, 5) is 29.7. The molecule has 0 saturated heterocycles. The smallest absolute Gasteiger partial charge is 0.407 e. The van der Waals surface area contributed by atoms with Crippen molar-refractivity contribution in [1.82, 2.24) is 25.3 Å². The van der Waals surface area contributed by atoms with E-state index in [2.05, 4.69) is 20.3 Å². The Morgan fingerprint density at radius 1 is 1.30 bits per heavy atom. The number of carbonyl (C=O) groups is 1. The molecule has 2 aromatic rings. The van der Waals surface area contributed by atoms with E-state index in [9.17, 15) is 4.79 Å². The lowest BCUT2D eigenvalue weighted by atomic mass is 10.1. The minimum Gasteiger partial charge on any atom is -0.480 e. The molecule has 0 radical (unpaired) electrons. The number of rotatable bonds is 7. The molecule has 0 atom stereocenters. The summed E-state index contributed by atoms with van der Waals surface area (Å²) in [6.07, 6.45) is 10.7. The Balaban J connectivity index is 1.77. The van der Waals surface area contributed by atoms with Crippen molar-refractivity contribution in [2.45, 2.75) is 50.2 Å². The summed E-state index contributed by atoms with van der Waals surface area (Å²) in [7, 11) is 1.59. The number of thioether (sulfide) groups is 1. The summed E-state index contributed by atoms with van der Waals surface area (Å²) < 4.78 is 10.7. The third-order valence-corrected chi connectivity index (χ3v) is 4.97. The fraction of sp³-hybridized carbons (Fsp3) is 0.476. The van der Waals surface area contributed by atoms with E-state index in [4.69, 9.17) is 14.5 Å². The lowest BCUT2D eigenvalue weighted by molar-refractivity contribution is 0.0534. The van der Waals surface area contributed by atoms with Crippen LogP contribution in [-0.4, -0.2) is 51.5 Å². The number of hydrogen-bond acceptors (Lipinski definition) is 8. The van der Waals surface area contributed by atoms with Gasteiger partial charge in [-0.15, -0.1) is 11.8 Å². The first-order valence-corrected chi connectivity index (χ1v) is 11.0. The monoisotopic (exact) mass is 429 g/mol. The van der Waals surface area contributed by atoms with Crippen LogP contribution in [0, 0.1) is 0 Å². The van der Waals surface area contributed by atoms with Gasteiger partial charge in [0.15, 0.2) is 5.82 Å². The van der Waals surface area contributed by atoms with Crippen molar-refractivity contribution in [2.24, 2.45) is 0 Å². The van der Waals surface area contributed by atoms with E-state index >= 15 is 0 Å². The first-order chi connectivity index (χ1) is 14.3. The predicted molar refractivity (Wildman–Crippen MR) is 117 cm³/mol. The zero-order valence-corrected chi connectivity index (χ0v) is 18.7. The Kier molecular flexibility index (Phi) is 6.91. The molecule has 8 nitrogen and oxygen atoms in total. The van der Waals surface area contributed by atoms with E-state index in [1.807, 2.05) is 39.2 Å². The van der Waals surface area contributed by atoms with Crippen LogP contribution in [0.5, 0.6) is 5.88 Å². The second-order valence-corrected chi connectivity index (χ2v) is 8.66. The summed E-state index contributed by atoms with van der Waals surface area (Å²) in [6.45, 7) is 5.82. The zero-order valence-electron chi connectivity index (χ0n) is 17.9. The van der Waals surface area contributed by atoms with Crippen LogP contribution in [0.2, 0.25) is 0 Å². The normalized spacial score (nSPS) is 14.0. The molecule has 0 aromatic carbocycles. The molecular formula is C21H27N5O3S. The minimum absolute atomic E-state index is 0.344. The SMILES string of the molecule is COc1ncnc(C2CC2)c1-c1ncc(C=CCNC(=O)OC(C)(C)C)c(SC)n1. The highest BCUT2D eigenvalue weighted by atomic mass is 32.2. The van der Waals surface area contributed by atoms with Crippen LogP contribution in [0.4, 0.5) is 4.79 Å². The van der Waals surface area contributed by atoms with Crippen molar-refractivity contribution in [3.8, 4) is 17.3 Å². The summed E-state index contributed by atoms with van der Waals surface area (Å²) in [5.74, 6) is 1.46. The highest BCUT2D eigenvalue weighted by Gasteiger charge is 2.31. The van der Waals surface area contributed by atoms with Crippen LogP contribution in [0.15, 0.2) is 23.6 Å². The van der Waals surface area contributed by atoms with Gasteiger partial charge in [-0.1, -0.05) is 12.2 Å². The van der Waals surface area contributed by atoms with Gasteiger partial charge in [0.25, 0.3) is 0 Å². The van der Waals surface area contributed by atoms with Crippen molar-refractivity contribution in [3.05, 3.63) is 29.9 Å². The van der Waals surface area contributed by atoms with Crippen molar-refractivity contribution >= 4 is 23.9 Å². The Labute approximate surface area is 180 Å². The molecule has 3 rings (SSSR count). The molecule has 1 aliphatic carbocycles. The van der Waals surface area contributed by atoms with Gasteiger partial charge in [0.2, 0.25) is 5.88 Å². The van der Waals surface area contributed by atoms with Crippen LogP contribution in [0.25, 0.3) is 17.5 Å². The minimum atomic E-state index is -0.523. The number of hydrogen-bond donors (Lipinski definition) is 1. The maximum atomic E-state index is 11.7. The van der Waals surface area contributed by atoms with E-state index in [0.717, 1.165) is 34.7 Å². The van der Waals surface area contributed by atoms with Crippen LogP contribution in [-0.2, 0) is 4.74 Å². The van der Waals surface area contributed by atoms with Gasteiger partial charge in [-0.3, -0.25) is 0 Å². The van der Waals surface area contributed by atoms with Gasteiger partial charge in [0, 0.05) is 24.2 Å². The van der Waals surface area contributed by atoms with Crippen LogP contribution in [0.3, 0.4) is 0 Å². The molecule has 1 saturated carbocycles. The van der Waals surface area contributed by atoms with E-state index in [1.165, 1.54) is 18.1 Å². The summed E-state index contributed by atoms with van der Waals surface area (Å²) in [5, 5.41) is 3.52. The topological polar surface area (TPSA) is 99.1 Å². The third-order valence-electron chi connectivity index (χ3n) is 4.26. The molecule has 0 unspecified atom stereocenters. The molecule has 0 bridgehead atoms. The van der Waals surface area contributed by atoms with Gasteiger partial charge in [-0.25, -0.2) is 24.7 Å². The largest absolute Gasteiger partial charge is 0.480 e.